The maximum Gasteiger partial charge on any atom is 0.410 e. The standard InChI is InChI=1S/C31H38N4O3S/c1-31(2,3)38-30(37)35-16-14-25(15-17-35)28-32-26(22-39-28)29(36)34-20-18-33(19-21-34)27(23-10-6-4-7-11-23)24-12-8-5-9-13-24/h4-13,22,25,27H,14-21H2,1-3H3. The quantitative estimate of drug-likeness (QED) is 0.404. The average Bonchev–Trinajstić information content (AvgIpc) is 3.44. The molecule has 1 aromatic heterocycles. The summed E-state index contributed by atoms with van der Waals surface area (Å²) in [4.78, 5) is 36.7. The summed E-state index contributed by atoms with van der Waals surface area (Å²) < 4.78 is 5.51. The Morgan fingerprint density at radius 2 is 1.41 bits per heavy atom. The van der Waals surface area contributed by atoms with Crippen molar-refractivity contribution >= 4 is 23.3 Å². The van der Waals surface area contributed by atoms with Crippen LogP contribution in [0.1, 0.15) is 72.2 Å². The summed E-state index contributed by atoms with van der Waals surface area (Å²) in [5.41, 5.74) is 2.59. The van der Waals surface area contributed by atoms with E-state index in [4.69, 9.17) is 9.72 Å². The molecule has 39 heavy (non-hydrogen) atoms. The van der Waals surface area contributed by atoms with Crippen LogP contribution in [0.4, 0.5) is 4.79 Å². The minimum atomic E-state index is -0.492. The lowest BCUT2D eigenvalue weighted by molar-refractivity contribution is 0.0204. The molecule has 0 aliphatic carbocycles. The molecule has 0 N–H and O–H groups in total. The largest absolute Gasteiger partial charge is 0.444 e. The molecule has 0 atom stereocenters. The summed E-state index contributed by atoms with van der Waals surface area (Å²) in [5, 5.41) is 2.90. The van der Waals surface area contributed by atoms with Gasteiger partial charge in [0.15, 0.2) is 0 Å². The number of rotatable bonds is 5. The molecule has 0 unspecified atom stereocenters. The molecular weight excluding hydrogens is 508 g/mol. The highest BCUT2D eigenvalue weighted by molar-refractivity contribution is 7.09. The first kappa shape index (κ1) is 27.3. The van der Waals surface area contributed by atoms with Crippen LogP contribution in [0.25, 0.3) is 0 Å². The number of hydrogen-bond donors (Lipinski definition) is 0. The van der Waals surface area contributed by atoms with Crippen molar-refractivity contribution in [1.29, 1.82) is 0 Å². The molecule has 0 bridgehead atoms. The number of ether oxygens (including phenoxy) is 1. The monoisotopic (exact) mass is 546 g/mol. The molecular formula is C31H38N4O3S. The Kier molecular flexibility index (Phi) is 8.33. The molecule has 2 aliphatic heterocycles. The Labute approximate surface area is 235 Å². The van der Waals surface area contributed by atoms with E-state index in [0.29, 0.717) is 31.9 Å². The fourth-order valence-electron chi connectivity index (χ4n) is 5.44. The highest BCUT2D eigenvalue weighted by Crippen LogP contribution is 2.32. The number of piperazine rings is 1. The molecule has 206 valence electrons. The lowest BCUT2D eigenvalue weighted by Gasteiger charge is -2.39. The number of carbonyl (C=O) groups is 2. The van der Waals surface area contributed by atoms with E-state index in [0.717, 1.165) is 30.9 Å². The second-order valence-electron chi connectivity index (χ2n) is 11.4. The van der Waals surface area contributed by atoms with E-state index in [1.807, 2.05) is 31.1 Å². The van der Waals surface area contributed by atoms with Crippen LogP contribution in [0.3, 0.4) is 0 Å². The van der Waals surface area contributed by atoms with Crippen LogP contribution in [-0.2, 0) is 4.74 Å². The van der Waals surface area contributed by atoms with Gasteiger partial charge < -0.3 is 14.5 Å². The number of piperidine rings is 1. The normalized spacial score (nSPS) is 17.4. The second kappa shape index (κ2) is 11.9. The van der Waals surface area contributed by atoms with E-state index >= 15 is 0 Å². The number of thiazole rings is 1. The zero-order chi connectivity index (χ0) is 27.4. The number of carbonyl (C=O) groups excluding carboxylic acids is 2. The van der Waals surface area contributed by atoms with E-state index in [9.17, 15) is 9.59 Å². The van der Waals surface area contributed by atoms with Gasteiger partial charge in [0.1, 0.15) is 11.3 Å². The van der Waals surface area contributed by atoms with Crippen molar-refractivity contribution in [2.45, 2.75) is 51.2 Å². The third kappa shape index (κ3) is 6.68. The van der Waals surface area contributed by atoms with Gasteiger partial charge in [-0.1, -0.05) is 60.7 Å². The van der Waals surface area contributed by atoms with Gasteiger partial charge in [0.25, 0.3) is 5.91 Å². The van der Waals surface area contributed by atoms with Gasteiger partial charge in [0, 0.05) is 50.6 Å². The predicted octanol–water partition coefficient (Wildman–Crippen LogP) is 5.81. The fourth-order valence-corrected chi connectivity index (χ4v) is 6.40. The molecule has 2 saturated heterocycles. The van der Waals surface area contributed by atoms with Crippen molar-refractivity contribution in [3.8, 4) is 0 Å². The first-order valence-electron chi connectivity index (χ1n) is 13.8. The van der Waals surface area contributed by atoms with E-state index in [1.54, 1.807) is 16.2 Å². The first-order chi connectivity index (χ1) is 18.8. The zero-order valence-corrected chi connectivity index (χ0v) is 23.9. The summed E-state index contributed by atoms with van der Waals surface area (Å²) in [7, 11) is 0. The van der Waals surface area contributed by atoms with Crippen molar-refractivity contribution in [2.75, 3.05) is 39.3 Å². The van der Waals surface area contributed by atoms with Crippen LogP contribution in [0.5, 0.6) is 0 Å². The number of hydrogen-bond acceptors (Lipinski definition) is 6. The van der Waals surface area contributed by atoms with Crippen LogP contribution < -0.4 is 0 Å². The molecule has 3 heterocycles. The smallest absolute Gasteiger partial charge is 0.410 e. The number of aromatic nitrogens is 1. The molecule has 0 saturated carbocycles. The van der Waals surface area contributed by atoms with Gasteiger partial charge in [0.2, 0.25) is 0 Å². The predicted molar refractivity (Wildman–Crippen MR) is 154 cm³/mol. The maximum absolute atomic E-state index is 13.4. The lowest BCUT2D eigenvalue weighted by atomic mass is 9.96. The van der Waals surface area contributed by atoms with Crippen LogP contribution >= 0.6 is 11.3 Å². The van der Waals surface area contributed by atoms with E-state index in [2.05, 4.69) is 65.6 Å². The molecule has 5 rings (SSSR count). The SMILES string of the molecule is CC(C)(C)OC(=O)N1CCC(c2nc(C(=O)N3CCN(C(c4ccccc4)c4ccccc4)CC3)cs2)CC1. The van der Waals surface area contributed by atoms with Gasteiger partial charge in [-0.15, -0.1) is 11.3 Å². The number of nitrogens with zero attached hydrogens (tertiary/aromatic N) is 4. The minimum Gasteiger partial charge on any atom is -0.444 e. The summed E-state index contributed by atoms with van der Waals surface area (Å²) in [5.74, 6) is 0.281. The van der Waals surface area contributed by atoms with Crippen molar-refractivity contribution < 1.29 is 14.3 Å². The third-order valence-electron chi connectivity index (χ3n) is 7.43. The van der Waals surface area contributed by atoms with Gasteiger partial charge >= 0.3 is 6.09 Å². The molecule has 2 amide bonds. The van der Waals surface area contributed by atoms with Gasteiger partial charge in [-0.3, -0.25) is 9.69 Å². The van der Waals surface area contributed by atoms with Crippen molar-refractivity contribution in [3.63, 3.8) is 0 Å². The van der Waals surface area contributed by atoms with Crippen molar-refractivity contribution in [3.05, 3.63) is 87.9 Å². The Balaban J connectivity index is 1.18. The molecule has 3 aromatic rings. The van der Waals surface area contributed by atoms with Crippen LogP contribution in [0, 0.1) is 0 Å². The lowest BCUT2D eigenvalue weighted by Crippen LogP contribution is -2.50. The minimum absolute atomic E-state index is 0.0133. The first-order valence-corrected chi connectivity index (χ1v) is 14.7. The van der Waals surface area contributed by atoms with E-state index in [-0.39, 0.29) is 24.0 Å². The topological polar surface area (TPSA) is 66.0 Å². The van der Waals surface area contributed by atoms with Gasteiger partial charge in [-0.2, -0.15) is 0 Å². The van der Waals surface area contributed by atoms with Crippen molar-refractivity contribution in [1.82, 2.24) is 19.7 Å². The summed E-state index contributed by atoms with van der Waals surface area (Å²) >= 11 is 1.56. The Morgan fingerprint density at radius 1 is 0.846 bits per heavy atom. The van der Waals surface area contributed by atoms with E-state index in [1.165, 1.54) is 11.1 Å². The highest BCUT2D eigenvalue weighted by Gasteiger charge is 2.31. The van der Waals surface area contributed by atoms with Crippen LogP contribution in [0.15, 0.2) is 66.0 Å². The zero-order valence-electron chi connectivity index (χ0n) is 23.1. The Bertz CT molecular complexity index is 1200. The summed E-state index contributed by atoms with van der Waals surface area (Å²) in [6.07, 6.45) is 1.41. The molecule has 0 spiro atoms. The fraction of sp³-hybridized carbons (Fsp3) is 0.452. The summed E-state index contributed by atoms with van der Waals surface area (Å²) in [6.45, 7) is 9.92. The van der Waals surface area contributed by atoms with Gasteiger partial charge in [-0.05, 0) is 44.7 Å². The third-order valence-corrected chi connectivity index (χ3v) is 8.44. The highest BCUT2D eigenvalue weighted by atomic mass is 32.1. The molecule has 2 aliphatic rings. The van der Waals surface area contributed by atoms with Crippen LogP contribution in [0.2, 0.25) is 0 Å². The van der Waals surface area contributed by atoms with E-state index < -0.39 is 5.60 Å². The molecule has 8 heteroatoms. The maximum atomic E-state index is 13.4. The number of amides is 2. The molecule has 2 aromatic carbocycles. The molecule has 0 radical (unpaired) electrons. The number of likely N-dealkylation sites (tertiary alicyclic amines) is 1. The molecule has 2 fully saturated rings. The van der Waals surface area contributed by atoms with Crippen LogP contribution in [-0.4, -0.2) is 76.6 Å². The summed E-state index contributed by atoms with van der Waals surface area (Å²) in [6, 6.07) is 21.4. The Morgan fingerprint density at radius 3 is 1.95 bits per heavy atom. The number of benzene rings is 2. The van der Waals surface area contributed by atoms with Gasteiger partial charge in [0.05, 0.1) is 11.0 Å². The van der Waals surface area contributed by atoms with Crippen molar-refractivity contribution in [2.24, 2.45) is 0 Å². The Hall–Kier alpha value is -3.23. The van der Waals surface area contributed by atoms with Gasteiger partial charge in [-0.25, -0.2) is 9.78 Å². The second-order valence-corrected chi connectivity index (χ2v) is 12.3. The average molecular weight is 547 g/mol. The molecule has 7 nitrogen and oxygen atoms in total.